The minimum Gasteiger partial charge on any atom is -0.388 e. The first kappa shape index (κ1) is 14.6. The zero-order valence-electron chi connectivity index (χ0n) is 12.9. The second kappa shape index (κ2) is 5.26. The molecule has 8 heteroatoms. The van der Waals surface area contributed by atoms with Gasteiger partial charge in [-0.15, -0.1) is 0 Å². The Labute approximate surface area is 132 Å². The van der Waals surface area contributed by atoms with E-state index in [0.717, 1.165) is 5.82 Å². The molecule has 4 heterocycles. The van der Waals surface area contributed by atoms with Crippen molar-refractivity contribution in [3.05, 3.63) is 23.7 Å². The Morgan fingerprint density at radius 3 is 3.00 bits per heavy atom. The predicted molar refractivity (Wildman–Crippen MR) is 80.0 cm³/mol. The zero-order valence-corrected chi connectivity index (χ0v) is 12.9. The number of hydrogen-bond donors (Lipinski definition) is 2. The van der Waals surface area contributed by atoms with E-state index in [-0.39, 0.29) is 30.8 Å². The van der Waals surface area contributed by atoms with Crippen LogP contribution in [0.1, 0.15) is 16.2 Å². The van der Waals surface area contributed by atoms with Crippen molar-refractivity contribution in [2.45, 2.75) is 31.3 Å². The number of carbonyl (C=O) groups is 1. The van der Waals surface area contributed by atoms with Crippen LogP contribution in [0.25, 0.3) is 11.2 Å². The molecule has 0 unspecified atom stereocenters. The van der Waals surface area contributed by atoms with E-state index >= 15 is 0 Å². The molecule has 2 N–H and O–H groups in total. The Morgan fingerprint density at radius 1 is 1.39 bits per heavy atom. The number of aliphatic hydroxyl groups excluding tert-OH is 1. The molecule has 4 rings (SSSR count). The molecule has 2 aromatic heterocycles. The number of aliphatic hydroxyl groups is 1. The highest BCUT2D eigenvalue weighted by atomic mass is 16.6. The van der Waals surface area contributed by atoms with Crippen molar-refractivity contribution in [2.24, 2.45) is 7.05 Å². The molecular weight excluding hydrogens is 300 g/mol. The number of amides is 1. The van der Waals surface area contributed by atoms with E-state index in [0.29, 0.717) is 23.3 Å². The lowest BCUT2D eigenvalue weighted by atomic mass is 10.1. The summed E-state index contributed by atoms with van der Waals surface area (Å²) in [5.74, 6) is 0.550. The first-order chi connectivity index (χ1) is 11.1. The predicted octanol–water partition coefficient (Wildman–Crippen LogP) is -0.466. The van der Waals surface area contributed by atoms with Crippen LogP contribution in [0.15, 0.2) is 12.3 Å². The van der Waals surface area contributed by atoms with Crippen LogP contribution in [-0.4, -0.2) is 63.1 Å². The summed E-state index contributed by atoms with van der Waals surface area (Å²) >= 11 is 0. The Balaban J connectivity index is 1.60. The fourth-order valence-electron chi connectivity index (χ4n) is 3.22. The molecule has 122 valence electrons. The SMILES string of the molecule is Cc1nc2c(C(=O)N[C@H]3CO[C@H]4[C@@H]3OC[C@@H]4O)ccnc2n1C. The number of nitrogens with zero attached hydrogens (tertiary/aromatic N) is 3. The fraction of sp³-hybridized carbons (Fsp3) is 0.533. The van der Waals surface area contributed by atoms with Crippen LogP contribution in [0.2, 0.25) is 0 Å². The topological polar surface area (TPSA) is 98.5 Å². The molecule has 23 heavy (non-hydrogen) atoms. The zero-order chi connectivity index (χ0) is 16.1. The smallest absolute Gasteiger partial charge is 0.254 e. The van der Waals surface area contributed by atoms with Crippen LogP contribution in [0.3, 0.4) is 0 Å². The lowest BCUT2D eigenvalue weighted by Gasteiger charge is -2.17. The third kappa shape index (κ3) is 2.21. The summed E-state index contributed by atoms with van der Waals surface area (Å²) in [5.41, 5.74) is 1.72. The molecule has 1 amide bonds. The second-order valence-corrected chi connectivity index (χ2v) is 5.99. The van der Waals surface area contributed by atoms with Gasteiger partial charge in [0.1, 0.15) is 29.7 Å². The summed E-state index contributed by atoms with van der Waals surface area (Å²) in [6, 6.07) is 1.37. The van der Waals surface area contributed by atoms with Gasteiger partial charge in [0, 0.05) is 13.2 Å². The maximum absolute atomic E-state index is 12.6. The number of aryl methyl sites for hydroxylation is 2. The van der Waals surface area contributed by atoms with E-state index in [9.17, 15) is 9.90 Å². The average Bonchev–Trinajstić information content (AvgIpc) is 3.18. The Bertz CT molecular complexity index is 774. The molecule has 4 atom stereocenters. The van der Waals surface area contributed by atoms with Gasteiger partial charge in [-0.2, -0.15) is 0 Å². The van der Waals surface area contributed by atoms with Crippen molar-refractivity contribution in [3.63, 3.8) is 0 Å². The highest BCUT2D eigenvalue weighted by Gasteiger charge is 2.47. The standard InChI is InChI=1S/C15H18N4O4/c1-7-17-11-8(3-4-16-14(11)19(7)2)15(21)18-9-5-22-13-10(20)6-23-12(9)13/h3-4,9-10,12-13,20H,5-6H2,1-2H3,(H,18,21)/t9-,10-,12+,13+/m0/s1. The van der Waals surface area contributed by atoms with Gasteiger partial charge in [0.15, 0.2) is 5.65 Å². The van der Waals surface area contributed by atoms with E-state index < -0.39 is 6.10 Å². The summed E-state index contributed by atoms with van der Waals surface area (Å²) < 4.78 is 12.9. The summed E-state index contributed by atoms with van der Waals surface area (Å²) in [6.07, 6.45) is 0.293. The van der Waals surface area contributed by atoms with Gasteiger partial charge in [0.2, 0.25) is 0 Å². The van der Waals surface area contributed by atoms with Gasteiger partial charge in [0.25, 0.3) is 5.91 Å². The molecule has 2 aliphatic rings. The van der Waals surface area contributed by atoms with Gasteiger partial charge in [0.05, 0.1) is 24.8 Å². The molecule has 0 aliphatic carbocycles. The second-order valence-electron chi connectivity index (χ2n) is 5.99. The Morgan fingerprint density at radius 2 is 2.17 bits per heavy atom. The number of ether oxygens (including phenoxy) is 2. The minimum atomic E-state index is -0.632. The molecule has 2 aromatic rings. The van der Waals surface area contributed by atoms with Gasteiger partial charge in [-0.3, -0.25) is 4.79 Å². The van der Waals surface area contributed by atoms with Crippen molar-refractivity contribution in [2.75, 3.05) is 13.2 Å². The van der Waals surface area contributed by atoms with E-state index in [1.54, 1.807) is 12.3 Å². The number of fused-ring (bicyclic) bond motifs is 2. The lowest BCUT2D eigenvalue weighted by Crippen LogP contribution is -2.44. The molecule has 0 spiro atoms. The number of carbonyl (C=O) groups excluding carboxylic acids is 1. The number of aromatic nitrogens is 3. The largest absolute Gasteiger partial charge is 0.388 e. The van der Waals surface area contributed by atoms with E-state index in [1.807, 2.05) is 18.5 Å². The van der Waals surface area contributed by atoms with Gasteiger partial charge in [-0.25, -0.2) is 9.97 Å². The fourth-order valence-corrected chi connectivity index (χ4v) is 3.22. The number of hydrogen-bond acceptors (Lipinski definition) is 6. The van der Waals surface area contributed by atoms with Gasteiger partial charge >= 0.3 is 0 Å². The number of rotatable bonds is 2. The lowest BCUT2D eigenvalue weighted by molar-refractivity contribution is 0.0178. The van der Waals surface area contributed by atoms with Crippen molar-refractivity contribution < 1.29 is 19.4 Å². The van der Waals surface area contributed by atoms with Crippen LogP contribution >= 0.6 is 0 Å². The number of pyridine rings is 1. The van der Waals surface area contributed by atoms with Crippen LogP contribution < -0.4 is 5.32 Å². The number of imidazole rings is 1. The van der Waals surface area contributed by atoms with E-state index in [2.05, 4.69) is 15.3 Å². The first-order valence-electron chi connectivity index (χ1n) is 7.56. The number of nitrogens with one attached hydrogen (secondary N) is 1. The highest BCUT2D eigenvalue weighted by Crippen LogP contribution is 2.27. The van der Waals surface area contributed by atoms with Crippen molar-refractivity contribution in [1.82, 2.24) is 19.9 Å². The van der Waals surface area contributed by atoms with E-state index in [4.69, 9.17) is 9.47 Å². The molecule has 2 fully saturated rings. The van der Waals surface area contributed by atoms with Gasteiger partial charge < -0.3 is 24.5 Å². The third-order valence-corrected chi connectivity index (χ3v) is 4.57. The maximum Gasteiger partial charge on any atom is 0.254 e. The Kier molecular flexibility index (Phi) is 3.33. The van der Waals surface area contributed by atoms with Crippen molar-refractivity contribution in [3.8, 4) is 0 Å². The van der Waals surface area contributed by atoms with Gasteiger partial charge in [-0.1, -0.05) is 0 Å². The molecule has 8 nitrogen and oxygen atoms in total. The maximum atomic E-state index is 12.6. The molecule has 2 aliphatic heterocycles. The molecular formula is C15H18N4O4. The van der Waals surface area contributed by atoms with E-state index in [1.165, 1.54) is 0 Å². The van der Waals surface area contributed by atoms with Crippen molar-refractivity contribution in [1.29, 1.82) is 0 Å². The van der Waals surface area contributed by atoms with Crippen LogP contribution in [0, 0.1) is 6.92 Å². The summed E-state index contributed by atoms with van der Waals surface area (Å²) in [4.78, 5) is 21.3. The highest BCUT2D eigenvalue weighted by molar-refractivity contribution is 6.04. The average molecular weight is 318 g/mol. The Hall–Kier alpha value is -2.03. The quantitative estimate of drug-likeness (QED) is 0.777. The third-order valence-electron chi connectivity index (χ3n) is 4.57. The monoisotopic (exact) mass is 318 g/mol. The van der Waals surface area contributed by atoms with Crippen LogP contribution in [0.5, 0.6) is 0 Å². The molecule has 0 bridgehead atoms. The minimum absolute atomic E-state index is 0.237. The van der Waals surface area contributed by atoms with Crippen LogP contribution in [-0.2, 0) is 16.5 Å². The summed E-state index contributed by atoms with van der Waals surface area (Å²) in [7, 11) is 1.86. The molecule has 0 radical (unpaired) electrons. The molecule has 0 aromatic carbocycles. The molecule has 0 saturated carbocycles. The summed E-state index contributed by atoms with van der Waals surface area (Å²) in [6.45, 7) is 2.43. The molecule has 2 saturated heterocycles. The van der Waals surface area contributed by atoms with Crippen LogP contribution in [0.4, 0.5) is 0 Å². The first-order valence-corrected chi connectivity index (χ1v) is 7.56. The van der Waals surface area contributed by atoms with Gasteiger partial charge in [-0.05, 0) is 13.0 Å². The van der Waals surface area contributed by atoms with Crippen molar-refractivity contribution >= 4 is 17.1 Å². The summed E-state index contributed by atoms with van der Waals surface area (Å²) in [5, 5.41) is 12.7. The normalized spacial score (nSPS) is 29.9.